The molecule has 0 bridgehead atoms. The van der Waals surface area contributed by atoms with Crippen LogP contribution in [0.25, 0.3) is 0 Å². The fourth-order valence-corrected chi connectivity index (χ4v) is 2.40. The van der Waals surface area contributed by atoms with Gasteiger partial charge in [-0.3, -0.25) is 9.59 Å². The average Bonchev–Trinajstić information content (AvgIpc) is 2.74. The maximum absolute atomic E-state index is 11.8. The van der Waals surface area contributed by atoms with Crippen molar-refractivity contribution in [2.75, 3.05) is 14.2 Å². The second-order valence-electron chi connectivity index (χ2n) is 4.62. The molecule has 17 heavy (non-hydrogen) atoms. The van der Waals surface area contributed by atoms with Crippen LogP contribution in [-0.4, -0.2) is 26.2 Å². The van der Waals surface area contributed by atoms with Gasteiger partial charge < -0.3 is 9.47 Å². The molecular formula is C13H20O4. The van der Waals surface area contributed by atoms with Crippen LogP contribution >= 0.6 is 0 Å². The highest BCUT2D eigenvalue weighted by molar-refractivity contribution is 5.82. The normalized spacial score (nSPS) is 26.4. The minimum absolute atomic E-state index is 0.0616. The lowest BCUT2D eigenvalue weighted by molar-refractivity contribution is -0.158. The molecule has 0 aromatic heterocycles. The molecule has 4 unspecified atom stereocenters. The van der Waals surface area contributed by atoms with Crippen molar-refractivity contribution < 1.29 is 19.1 Å². The third-order valence-corrected chi connectivity index (χ3v) is 3.38. The standard InChI is InChI=1S/C13H20O4/c1-8-5-6-10(7-8)11(13(15)17-4)9(2)12(14)16-3/h5-6,8-11H,7H2,1-4H3. The summed E-state index contributed by atoms with van der Waals surface area (Å²) in [7, 11) is 2.68. The van der Waals surface area contributed by atoms with Gasteiger partial charge in [0.15, 0.2) is 0 Å². The third kappa shape index (κ3) is 3.08. The van der Waals surface area contributed by atoms with E-state index in [1.54, 1.807) is 6.92 Å². The average molecular weight is 240 g/mol. The van der Waals surface area contributed by atoms with E-state index < -0.39 is 11.8 Å². The quantitative estimate of drug-likeness (QED) is 0.555. The lowest BCUT2D eigenvalue weighted by Gasteiger charge is -2.24. The zero-order chi connectivity index (χ0) is 13.0. The predicted octanol–water partition coefficient (Wildman–Crippen LogP) is 1.80. The number of rotatable bonds is 4. The largest absolute Gasteiger partial charge is 0.469 e. The van der Waals surface area contributed by atoms with Gasteiger partial charge in [0.25, 0.3) is 0 Å². The van der Waals surface area contributed by atoms with E-state index in [4.69, 9.17) is 9.47 Å². The molecule has 0 saturated heterocycles. The first kappa shape index (κ1) is 13.7. The molecule has 0 heterocycles. The highest BCUT2D eigenvalue weighted by Crippen LogP contribution is 2.34. The summed E-state index contributed by atoms with van der Waals surface area (Å²) in [6, 6.07) is 0. The van der Waals surface area contributed by atoms with E-state index in [9.17, 15) is 9.59 Å². The molecule has 96 valence electrons. The number of ether oxygens (including phenoxy) is 2. The second kappa shape index (κ2) is 5.84. The van der Waals surface area contributed by atoms with Crippen LogP contribution in [0.3, 0.4) is 0 Å². The summed E-state index contributed by atoms with van der Waals surface area (Å²) in [5.41, 5.74) is 0. The lowest BCUT2D eigenvalue weighted by atomic mass is 9.81. The Morgan fingerprint density at radius 1 is 1.18 bits per heavy atom. The van der Waals surface area contributed by atoms with Crippen molar-refractivity contribution in [2.24, 2.45) is 23.7 Å². The molecule has 0 amide bonds. The molecule has 0 aromatic rings. The molecule has 4 atom stereocenters. The van der Waals surface area contributed by atoms with Gasteiger partial charge in [0, 0.05) is 0 Å². The summed E-state index contributed by atoms with van der Waals surface area (Å²) in [6.07, 6.45) is 4.96. The number of esters is 2. The van der Waals surface area contributed by atoms with Crippen LogP contribution < -0.4 is 0 Å². The van der Waals surface area contributed by atoms with Gasteiger partial charge in [0.2, 0.25) is 0 Å². The topological polar surface area (TPSA) is 52.6 Å². The molecule has 0 aromatic carbocycles. The molecule has 0 radical (unpaired) electrons. The van der Waals surface area contributed by atoms with Crippen LogP contribution in [0.2, 0.25) is 0 Å². The van der Waals surface area contributed by atoms with E-state index in [1.165, 1.54) is 14.2 Å². The zero-order valence-electron chi connectivity index (χ0n) is 10.8. The van der Waals surface area contributed by atoms with Crippen molar-refractivity contribution in [1.82, 2.24) is 0 Å². The number of carbonyl (C=O) groups excluding carboxylic acids is 2. The first-order valence-corrected chi connectivity index (χ1v) is 5.85. The van der Waals surface area contributed by atoms with Crippen molar-refractivity contribution in [3.8, 4) is 0 Å². The van der Waals surface area contributed by atoms with E-state index in [2.05, 4.69) is 13.0 Å². The number of allylic oxidation sites excluding steroid dienone is 2. The van der Waals surface area contributed by atoms with Crippen LogP contribution in [0.4, 0.5) is 0 Å². The van der Waals surface area contributed by atoms with Gasteiger partial charge in [0.1, 0.15) is 0 Å². The molecule has 0 aliphatic heterocycles. The number of carbonyl (C=O) groups is 2. The van der Waals surface area contributed by atoms with Crippen LogP contribution in [0, 0.1) is 23.7 Å². The van der Waals surface area contributed by atoms with Gasteiger partial charge in [-0.15, -0.1) is 0 Å². The van der Waals surface area contributed by atoms with Crippen LogP contribution in [0.5, 0.6) is 0 Å². The van der Waals surface area contributed by atoms with Crippen LogP contribution in [0.1, 0.15) is 20.3 Å². The van der Waals surface area contributed by atoms with Gasteiger partial charge in [-0.05, 0) is 18.3 Å². The summed E-state index contributed by atoms with van der Waals surface area (Å²) >= 11 is 0. The highest BCUT2D eigenvalue weighted by atomic mass is 16.5. The highest BCUT2D eigenvalue weighted by Gasteiger charge is 2.38. The SMILES string of the molecule is COC(=O)C(C)C(C(=O)OC)C1C=CC(C)C1. The summed E-state index contributed by atoms with van der Waals surface area (Å²) in [4.78, 5) is 23.4. The van der Waals surface area contributed by atoms with Crippen molar-refractivity contribution >= 4 is 11.9 Å². The van der Waals surface area contributed by atoms with E-state index in [-0.39, 0.29) is 17.9 Å². The Bertz CT molecular complexity index is 319. The smallest absolute Gasteiger partial charge is 0.310 e. The predicted molar refractivity (Wildman–Crippen MR) is 63.1 cm³/mol. The zero-order valence-corrected chi connectivity index (χ0v) is 10.8. The molecule has 1 aliphatic carbocycles. The monoisotopic (exact) mass is 240 g/mol. The maximum Gasteiger partial charge on any atom is 0.310 e. The van der Waals surface area contributed by atoms with E-state index in [0.717, 1.165) is 6.42 Å². The number of hydrogen-bond donors (Lipinski definition) is 0. The summed E-state index contributed by atoms with van der Waals surface area (Å²) in [5.74, 6) is -1.13. The number of hydrogen-bond acceptors (Lipinski definition) is 4. The number of methoxy groups -OCH3 is 2. The third-order valence-electron chi connectivity index (χ3n) is 3.38. The minimum atomic E-state index is -0.479. The molecule has 4 nitrogen and oxygen atoms in total. The molecule has 0 N–H and O–H groups in total. The first-order valence-electron chi connectivity index (χ1n) is 5.85. The van der Waals surface area contributed by atoms with Gasteiger partial charge >= 0.3 is 11.9 Å². The first-order chi connectivity index (χ1) is 8.01. The fourth-order valence-electron chi connectivity index (χ4n) is 2.40. The molecule has 1 aliphatic rings. The van der Waals surface area contributed by atoms with Gasteiger partial charge in [-0.25, -0.2) is 0 Å². The Balaban J connectivity index is 2.84. The Kier molecular flexibility index (Phi) is 4.73. The van der Waals surface area contributed by atoms with Crippen molar-refractivity contribution in [3.05, 3.63) is 12.2 Å². The summed E-state index contributed by atoms with van der Waals surface area (Å²) in [5, 5.41) is 0. The van der Waals surface area contributed by atoms with Crippen molar-refractivity contribution in [1.29, 1.82) is 0 Å². The van der Waals surface area contributed by atoms with Gasteiger partial charge in [-0.2, -0.15) is 0 Å². The minimum Gasteiger partial charge on any atom is -0.469 e. The Hall–Kier alpha value is -1.32. The maximum atomic E-state index is 11.8. The Morgan fingerprint density at radius 2 is 1.76 bits per heavy atom. The molecular weight excluding hydrogens is 220 g/mol. The summed E-state index contributed by atoms with van der Waals surface area (Å²) in [6.45, 7) is 3.80. The van der Waals surface area contributed by atoms with E-state index in [1.807, 2.05) is 6.08 Å². The second-order valence-corrected chi connectivity index (χ2v) is 4.62. The van der Waals surface area contributed by atoms with Gasteiger partial charge in [0.05, 0.1) is 26.1 Å². The van der Waals surface area contributed by atoms with Crippen molar-refractivity contribution in [2.45, 2.75) is 20.3 Å². The molecule has 0 saturated carbocycles. The summed E-state index contributed by atoms with van der Waals surface area (Å²) < 4.78 is 9.50. The molecule has 1 rings (SSSR count). The van der Waals surface area contributed by atoms with E-state index >= 15 is 0 Å². The van der Waals surface area contributed by atoms with Crippen molar-refractivity contribution in [3.63, 3.8) is 0 Å². The Labute approximate surface area is 102 Å². The van der Waals surface area contributed by atoms with E-state index in [0.29, 0.717) is 5.92 Å². The molecule has 0 fully saturated rings. The lowest BCUT2D eigenvalue weighted by Crippen LogP contribution is -2.34. The van der Waals surface area contributed by atoms with Crippen LogP contribution in [-0.2, 0) is 19.1 Å². The Morgan fingerprint density at radius 3 is 2.18 bits per heavy atom. The molecule has 4 heteroatoms. The van der Waals surface area contributed by atoms with Crippen LogP contribution in [0.15, 0.2) is 12.2 Å². The van der Waals surface area contributed by atoms with Gasteiger partial charge in [-0.1, -0.05) is 26.0 Å². The fraction of sp³-hybridized carbons (Fsp3) is 0.692. The molecule has 0 spiro atoms.